The van der Waals surface area contributed by atoms with Gasteiger partial charge in [-0.25, -0.2) is 0 Å². The molecule has 0 aliphatic heterocycles. The molecule has 2 nitrogen and oxygen atoms in total. The Morgan fingerprint density at radius 1 is 1.25 bits per heavy atom. The molecule has 0 aliphatic carbocycles. The second-order valence-electron chi connectivity index (χ2n) is 0. The predicted octanol–water partition coefficient (Wildman–Crippen LogP) is -0.621. The zero-order valence-electron chi connectivity index (χ0n) is 1.73. The Bertz CT molecular complexity index is 8.00. The molecule has 4 heavy (non-hydrogen) atoms. The van der Waals surface area contributed by atoms with Gasteiger partial charge in [-0.2, -0.15) is 0 Å². The summed E-state index contributed by atoms with van der Waals surface area (Å²) in [6, 6.07) is 0. The fourth-order valence-electron chi connectivity index (χ4n) is 0. The summed E-state index contributed by atoms with van der Waals surface area (Å²) in [5.41, 5.74) is 0. The Morgan fingerprint density at radius 3 is 1.25 bits per heavy atom. The molecular formula is CoO2Tl. The molecule has 4 heteroatoms. The zero-order chi connectivity index (χ0) is 4.00. The van der Waals surface area contributed by atoms with Crippen LogP contribution in [-0.2, 0) is 22.2 Å². The summed E-state index contributed by atoms with van der Waals surface area (Å²) in [5, 5.41) is 0. The molecule has 0 heterocycles. The molecule has 24 valence electrons. The van der Waals surface area contributed by atoms with Crippen molar-refractivity contribution in [1.82, 2.24) is 0 Å². The minimum absolute atomic E-state index is 0.0833. The van der Waals surface area contributed by atoms with Gasteiger partial charge in [-0.05, 0) is 0 Å². The summed E-state index contributed by atoms with van der Waals surface area (Å²) in [5.74, 6) is 0. The number of rotatable bonds is 0. The molecule has 0 spiro atoms. The van der Waals surface area contributed by atoms with E-state index in [0.29, 0.717) is 0 Å². The van der Waals surface area contributed by atoms with Gasteiger partial charge < -0.3 is 0 Å². The third-order valence-electron chi connectivity index (χ3n) is 0. The van der Waals surface area contributed by atoms with Crippen LogP contribution in [0.15, 0.2) is 0 Å². The summed E-state index contributed by atoms with van der Waals surface area (Å²) in [4.78, 5) is 0. The van der Waals surface area contributed by atoms with Crippen molar-refractivity contribution in [2.45, 2.75) is 0 Å². The Morgan fingerprint density at radius 2 is 1.25 bits per heavy atom. The SMILES string of the molecule is [O]=[Co].[O]=[Tl]. The molecule has 0 aromatic rings. The van der Waals surface area contributed by atoms with E-state index in [0.717, 1.165) is 0 Å². The van der Waals surface area contributed by atoms with Gasteiger partial charge in [-0.3, -0.25) is 0 Å². The van der Waals surface area contributed by atoms with Gasteiger partial charge in [-0.15, -0.1) is 0 Å². The summed E-state index contributed by atoms with van der Waals surface area (Å²) in [6.07, 6.45) is 0. The first-order chi connectivity index (χ1) is 2.00. The van der Waals surface area contributed by atoms with Crippen molar-refractivity contribution in [1.29, 1.82) is 0 Å². The molecule has 0 N–H and O–H groups in total. The third-order valence-corrected chi connectivity index (χ3v) is 0. The van der Waals surface area contributed by atoms with Crippen LogP contribution in [-0.4, -0.2) is 25.8 Å². The molecule has 0 atom stereocenters. The molecule has 0 radical (unpaired) electrons. The van der Waals surface area contributed by atoms with E-state index < -0.39 is 0 Å². The first kappa shape index (κ1) is 8.90. The third kappa shape index (κ3) is 11.8. The summed E-state index contributed by atoms with van der Waals surface area (Å²) >= 11 is 2.23. The van der Waals surface area contributed by atoms with Crippen LogP contribution >= 0.6 is 0 Å². The van der Waals surface area contributed by atoms with Gasteiger partial charge in [0.15, 0.2) is 0 Å². The predicted molar refractivity (Wildman–Crippen MR) is 7.13 cm³/mol. The van der Waals surface area contributed by atoms with Gasteiger partial charge in [0.2, 0.25) is 0 Å². The minimum atomic E-state index is -0.0833. The van der Waals surface area contributed by atoms with Gasteiger partial charge in [-0.1, -0.05) is 0 Å². The number of hydrogen-bond acceptors (Lipinski definition) is 2. The molecule has 0 bridgehead atoms. The maximum atomic E-state index is 8.42. The molecular weight excluding hydrogens is 295 g/mol. The van der Waals surface area contributed by atoms with Crippen LogP contribution in [0.25, 0.3) is 0 Å². The molecule has 0 saturated heterocycles. The van der Waals surface area contributed by atoms with Gasteiger partial charge in [0.25, 0.3) is 0 Å². The van der Waals surface area contributed by atoms with E-state index >= 15 is 0 Å². The van der Waals surface area contributed by atoms with Crippen molar-refractivity contribution in [3.63, 3.8) is 0 Å². The molecule has 0 rings (SSSR count). The Balaban J connectivity index is 0. The van der Waals surface area contributed by atoms with Gasteiger partial charge >= 0.3 is 48.0 Å². The fourth-order valence-corrected chi connectivity index (χ4v) is 0. The van der Waals surface area contributed by atoms with Gasteiger partial charge in [0.1, 0.15) is 0 Å². The molecule has 0 unspecified atom stereocenters. The normalized spacial score (nSPS) is 2.75. The van der Waals surface area contributed by atoms with Crippen LogP contribution in [0.3, 0.4) is 0 Å². The van der Waals surface area contributed by atoms with Gasteiger partial charge in [0.05, 0.1) is 0 Å². The maximum absolute atomic E-state index is 8.42. The summed E-state index contributed by atoms with van der Waals surface area (Å²) < 4.78 is 16.4. The second kappa shape index (κ2) is 34.9. The Labute approximate surface area is 47.9 Å². The van der Waals surface area contributed by atoms with Crippen LogP contribution in [0.4, 0.5) is 0 Å². The zero-order valence-corrected chi connectivity index (χ0v) is 7.26. The van der Waals surface area contributed by atoms with Crippen LogP contribution in [0.5, 0.6) is 0 Å². The van der Waals surface area contributed by atoms with Crippen LogP contribution in [0.2, 0.25) is 0 Å². The molecule has 0 aromatic heterocycles. The Kier molecular flexibility index (Phi) is 77.7. The molecule has 0 amide bonds. The molecule has 0 fully saturated rings. The first-order valence-electron chi connectivity index (χ1n) is 0.372. The van der Waals surface area contributed by atoms with Crippen LogP contribution in [0, 0.1) is 0 Å². The standard InChI is InChI=1S/Co.2O.Tl. The fraction of sp³-hybridized carbons (Fsp3) is 0. The van der Waals surface area contributed by atoms with E-state index in [1.165, 1.54) is 0 Å². The monoisotopic (exact) mass is 296 g/mol. The van der Waals surface area contributed by atoms with Crippen molar-refractivity contribution in [3.05, 3.63) is 0 Å². The molecule has 0 aromatic carbocycles. The molecule has 0 saturated carbocycles. The van der Waals surface area contributed by atoms with Crippen molar-refractivity contribution < 1.29 is 22.2 Å². The second-order valence-corrected chi connectivity index (χ2v) is 0. The van der Waals surface area contributed by atoms with E-state index in [2.05, 4.69) is 15.7 Å². The molecule has 0 aliphatic rings. The van der Waals surface area contributed by atoms with E-state index in [4.69, 9.17) is 6.55 Å². The Hall–Kier alpha value is 1.03. The van der Waals surface area contributed by atoms with Crippen LogP contribution in [0.1, 0.15) is 0 Å². The van der Waals surface area contributed by atoms with Crippen molar-refractivity contribution >= 4 is 25.8 Å². The van der Waals surface area contributed by atoms with Crippen molar-refractivity contribution in [3.8, 4) is 0 Å². The van der Waals surface area contributed by atoms with Crippen LogP contribution < -0.4 is 0 Å². The van der Waals surface area contributed by atoms with Gasteiger partial charge in [0, 0.05) is 0 Å². The topological polar surface area (TPSA) is 34.1 Å². The number of hydrogen-bond donors (Lipinski definition) is 0. The van der Waals surface area contributed by atoms with E-state index in [1.54, 1.807) is 0 Å². The van der Waals surface area contributed by atoms with E-state index in [9.17, 15) is 0 Å². The van der Waals surface area contributed by atoms with E-state index in [-0.39, 0.29) is 25.8 Å². The summed E-state index contributed by atoms with van der Waals surface area (Å²) in [6.45, 7) is 0. The first-order valence-corrected chi connectivity index (χ1v) is 2.63. The summed E-state index contributed by atoms with van der Waals surface area (Å²) in [7, 11) is 0. The van der Waals surface area contributed by atoms with E-state index in [1.807, 2.05) is 0 Å². The average Bonchev–Trinajstić information content (AvgIpc) is 1.50. The average molecular weight is 295 g/mol. The van der Waals surface area contributed by atoms with Crippen molar-refractivity contribution in [2.24, 2.45) is 0 Å². The van der Waals surface area contributed by atoms with Crippen molar-refractivity contribution in [2.75, 3.05) is 0 Å². The quantitative estimate of drug-likeness (QED) is 0.558.